The number of benzene rings is 2. The number of carbonyl (C=O) groups is 1. The molecule has 3 atom stereocenters. The zero-order chi connectivity index (χ0) is 25.4. The number of hydrogen-bond donors (Lipinski definition) is 3. The van der Waals surface area contributed by atoms with Crippen molar-refractivity contribution in [1.82, 2.24) is 10.2 Å². The highest BCUT2D eigenvalue weighted by molar-refractivity contribution is 6.05. The topological polar surface area (TPSA) is 77.5 Å². The van der Waals surface area contributed by atoms with Crippen LogP contribution >= 0.6 is 0 Å². The van der Waals surface area contributed by atoms with Crippen LogP contribution in [0.2, 0.25) is 0 Å². The molecular weight excluding hydrogens is 443 g/mol. The molecule has 2 aromatic carbocycles. The van der Waals surface area contributed by atoms with Gasteiger partial charge in [0.05, 0.1) is 12.7 Å². The number of aryl methyl sites for hydroxylation is 1. The number of morpholine rings is 1. The molecule has 0 aliphatic carbocycles. The monoisotopic (exact) mass is 482 g/mol. The zero-order valence-electron chi connectivity index (χ0n) is 21.4. The number of halogens is 1. The molecule has 190 valence electrons. The number of likely N-dealkylation sites (N-methyl/N-ethyl adjacent to an activating group) is 1. The second-order valence-corrected chi connectivity index (χ2v) is 9.77. The van der Waals surface area contributed by atoms with Crippen molar-refractivity contribution in [3.05, 3.63) is 65.5 Å². The molecule has 1 saturated heterocycles. The largest absolute Gasteiger partial charge is 0.374 e. The maximum absolute atomic E-state index is 13.9. The molecule has 0 saturated carbocycles. The number of amides is 1. The molecule has 35 heavy (non-hydrogen) atoms. The molecule has 0 aromatic heterocycles. The highest BCUT2D eigenvalue weighted by atomic mass is 19.1. The van der Waals surface area contributed by atoms with Gasteiger partial charge in [-0.15, -0.1) is 0 Å². The van der Waals surface area contributed by atoms with Crippen molar-refractivity contribution < 1.29 is 13.9 Å². The van der Waals surface area contributed by atoms with Crippen LogP contribution in [-0.4, -0.2) is 61.5 Å². The molecule has 0 spiro atoms. The molecule has 2 aromatic rings. The number of ether oxygens (including phenoxy) is 1. The van der Waals surface area contributed by atoms with Gasteiger partial charge in [-0.1, -0.05) is 49.6 Å². The molecule has 1 aliphatic rings. The van der Waals surface area contributed by atoms with Crippen molar-refractivity contribution >= 4 is 17.3 Å². The van der Waals surface area contributed by atoms with E-state index >= 15 is 0 Å². The van der Waals surface area contributed by atoms with Crippen LogP contribution in [0.3, 0.4) is 0 Å². The highest BCUT2D eigenvalue weighted by Gasteiger charge is 2.43. The van der Waals surface area contributed by atoms with Crippen LogP contribution in [0.1, 0.15) is 44.2 Å². The lowest BCUT2D eigenvalue weighted by Gasteiger charge is -2.39. The van der Waals surface area contributed by atoms with Gasteiger partial charge in [0.15, 0.2) is 0 Å². The van der Waals surface area contributed by atoms with Gasteiger partial charge in [0.1, 0.15) is 11.4 Å². The lowest BCUT2D eigenvalue weighted by atomic mass is 9.75. The van der Waals surface area contributed by atoms with Gasteiger partial charge in [-0.05, 0) is 57.1 Å². The first-order chi connectivity index (χ1) is 16.7. The molecule has 3 N–H and O–H groups in total. The van der Waals surface area contributed by atoms with Crippen molar-refractivity contribution in [1.29, 1.82) is 5.41 Å². The summed E-state index contributed by atoms with van der Waals surface area (Å²) in [4.78, 5) is 16.0. The second kappa shape index (κ2) is 12.3. The van der Waals surface area contributed by atoms with Crippen molar-refractivity contribution in [3.8, 4) is 0 Å². The SMILES string of the molecule is CCCCC(C(=N)c1ccc(F)cc1)C(C)(Nc1ccc(C)cc1)C(=O)NCC1CN(C)CCO1. The van der Waals surface area contributed by atoms with Crippen molar-refractivity contribution in [2.24, 2.45) is 5.92 Å². The van der Waals surface area contributed by atoms with E-state index in [4.69, 9.17) is 10.1 Å². The van der Waals surface area contributed by atoms with E-state index in [1.54, 1.807) is 12.1 Å². The van der Waals surface area contributed by atoms with Crippen LogP contribution in [0.15, 0.2) is 48.5 Å². The maximum atomic E-state index is 13.9. The van der Waals surface area contributed by atoms with Crippen molar-refractivity contribution in [2.75, 3.05) is 38.6 Å². The van der Waals surface area contributed by atoms with Gasteiger partial charge >= 0.3 is 0 Å². The molecular formula is C28H39FN4O2. The van der Waals surface area contributed by atoms with Gasteiger partial charge in [-0.2, -0.15) is 0 Å². The summed E-state index contributed by atoms with van der Waals surface area (Å²) in [5.74, 6) is -0.950. The van der Waals surface area contributed by atoms with E-state index in [1.165, 1.54) is 12.1 Å². The molecule has 1 heterocycles. The van der Waals surface area contributed by atoms with Crippen LogP contribution in [0.25, 0.3) is 0 Å². The summed E-state index contributed by atoms with van der Waals surface area (Å²) in [6.45, 7) is 8.67. The molecule has 1 fully saturated rings. The number of unbranched alkanes of at least 4 members (excludes halogenated alkanes) is 1. The predicted molar refractivity (Wildman–Crippen MR) is 140 cm³/mol. The van der Waals surface area contributed by atoms with Crippen molar-refractivity contribution in [3.63, 3.8) is 0 Å². The van der Waals surface area contributed by atoms with Gasteiger partial charge in [-0.3, -0.25) is 4.79 Å². The first-order valence-corrected chi connectivity index (χ1v) is 12.5. The molecule has 3 rings (SSSR count). The van der Waals surface area contributed by atoms with Crippen LogP contribution in [0.4, 0.5) is 10.1 Å². The number of anilines is 1. The van der Waals surface area contributed by atoms with E-state index in [0.717, 1.165) is 37.2 Å². The molecule has 1 aliphatic heterocycles. The summed E-state index contributed by atoms with van der Waals surface area (Å²) < 4.78 is 19.4. The summed E-state index contributed by atoms with van der Waals surface area (Å²) in [7, 11) is 2.05. The number of hydrogen-bond acceptors (Lipinski definition) is 5. The van der Waals surface area contributed by atoms with Gasteiger partial charge in [0, 0.05) is 37.0 Å². The first kappa shape index (κ1) is 26.8. The average molecular weight is 483 g/mol. The Morgan fingerprint density at radius 2 is 1.91 bits per heavy atom. The number of nitrogens with one attached hydrogen (secondary N) is 3. The quantitative estimate of drug-likeness (QED) is 0.408. The van der Waals surface area contributed by atoms with E-state index in [1.807, 2.05) is 45.2 Å². The number of rotatable bonds is 11. The Morgan fingerprint density at radius 1 is 1.23 bits per heavy atom. The standard InChI is InChI=1S/C28H39FN4O2/c1-5-6-7-25(26(30)21-10-12-22(29)13-11-21)28(3,32-23-14-8-20(2)9-15-23)27(34)31-18-24-19-33(4)16-17-35-24/h8-15,24-25,30,32H,5-7,16-19H2,1-4H3,(H,31,34). The van der Waals surface area contributed by atoms with Crippen LogP contribution in [0, 0.1) is 24.1 Å². The Bertz CT molecular complexity index is 979. The molecule has 0 radical (unpaired) electrons. The predicted octanol–water partition coefficient (Wildman–Crippen LogP) is 4.63. The first-order valence-electron chi connectivity index (χ1n) is 12.5. The third kappa shape index (κ3) is 7.12. The summed E-state index contributed by atoms with van der Waals surface area (Å²) >= 11 is 0. The van der Waals surface area contributed by atoms with Gasteiger partial charge in [0.25, 0.3) is 0 Å². The van der Waals surface area contributed by atoms with Gasteiger partial charge in [-0.25, -0.2) is 4.39 Å². The smallest absolute Gasteiger partial charge is 0.246 e. The Hall–Kier alpha value is -2.77. The minimum Gasteiger partial charge on any atom is -0.374 e. The van der Waals surface area contributed by atoms with Crippen LogP contribution in [0.5, 0.6) is 0 Å². The minimum absolute atomic E-state index is 0.0769. The second-order valence-electron chi connectivity index (χ2n) is 9.77. The van der Waals surface area contributed by atoms with E-state index in [0.29, 0.717) is 30.8 Å². The van der Waals surface area contributed by atoms with Gasteiger partial charge < -0.3 is 25.7 Å². The fraction of sp³-hybridized carbons (Fsp3) is 0.500. The Kier molecular flexibility index (Phi) is 9.40. The Labute approximate surface area is 208 Å². The Balaban J connectivity index is 1.91. The average Bonchev–Trinajstić information content (AvgIpc) is 2.84. The number of nitrogens with zero attached hydrogens (tertiary/aromatic N) is 1. The maximum Gasteiger partial charge on any atom is 0.246 e. The fourth-order valence-corrected chi connectivity index (χ4v) is 4.58. The molecule has 7 heteroatoms. The fourth-order valence-electron chi connectivity index (χ4n) is 4.58. The third-order valence-corrected chi connectivity index (χ3v) is 6.81. The number of carbonyl (C=O) groups excluding carboxylic acids is 1. The molecule has 3 unspecified atom stereocenters. The van der Waals surface area contributed by atoms with Gasteiger partial charge in [0.2, 0.25) is 5.91 Å². The van der Waals surface area contributed by atoms with E-state index in [-0.39, 0.29) is 17.8 Å². The Morgan fingerprint density at radius 3 is 2.54 bits per heavy atom. The third-order valence-electron chi connectivity index (χ3n) is 6.81. The van der Waals surface area contributed by atoms with Crippen LogP contribution in [-0.2, 0) is 9.53 Å². The normalized spacial score (nSPS) is 18.9. The van der Waals surface area contributed by atoms with Crippen LogP contribution < -0.4 is 10.6 Å². The summed E-state index contributed by atoms with van der Waals surface area (Å²) in [6.07, 6.45) is 2.38. The summed E-state index contributed by atoms with van der Waals surface area (Å²) in [5.41, 5.74) is 1.78. The minimum atomic E-state index is -1.10. The summed E-state index contributed by atoms with van der Waals surface area (Å²) in [5, 5.41) is 15.6. The highest BCUT2D eigenvalue weighted by Crippen LogP contribution is 2.31. The zero-order valence-corrected chi connectivity index (χ0v) is 21.4. The van der Waals surface area contributed by atoms with Crippen molar-refractivity contribution in [2.45, 2.75) is 51.7 Å². The molecule has 0 bridgehead atoms. The van der Waals surface area contributed by atoms with E-state index in [9.17, 15) is 9.18 Å². The van der Waals surface area contributed by atoms with E-state index < -0.39 is 11.5 Å². The summed E-state index contributed by atoms with van der Waals surface area (Å²) in [6, 6.07) is 13.9. The molecule has 1 amide bonds. The van der Waals surface area contributed by atoms with E-state index in [2.05, 4.69) is 22.5 Å². The lowest BCUT2D eigenvalue weighted by molar-refractivity contribution is -0.127. The molecule has 6 nitrogen and oxygen atoms in total. The lowest BCUT2D eigenvalue weighted by Crippen LogP contribution is -2.59.